The Morgan fingerprint density at radius 3 is 2.79 bits per heavy atom. The van der Waals surface area contributed by atoms with E-state index in [1.807, 2.05) is 12.1 Å². The molecule has 8 heteroatoms. The van der Waals surface area contributed by atoms with Crippen LogP contribution in [0.5, 0.6) is 0 Å². The average molecular weight is 520 g/mol. The maximum atomic E-state index is 10.4. The summed E-state index contributed by atoms with van der Waals surface area (Å²) in [4.78, 5) is 7.24. The molecule has 3 N–H and O–H groups in total. The minimum Gasteiger partial charge on any atom is -0.469 e. The molecule has 1 saturated carbocycles. The lowest BCUT2D eigenvalue weighted by Crippen LogP contribution is -2.45. The van der Waals surface area contributed by atoms with Crippen LogP contribution in [-0.2, 0) is 11.2 Å². The first kappa shape index (κ1) is 24.4. The summed E-state index contributed by atoms with van der Waals surface area (Å²) in [7, 11) is 0. The number of aliphatic imine (C=N–C) groups is 1. The molecule has 1 aliphatic carbocycles. The van der Waals surface area contributed by atoms with Crippen molar-refractivity contribution in [2.75, 3.05) is 52.5 Å². The molecule has 1 aromatic rings. The molecule has 0 spiro atoms. The normalized spacial score (nSPS) is 26.0. The van der Waals surface area contributed by atoms with Gasteiger partial charge in [0.15, 0.2) is 5.96 Å². The van der Waals surface area contributed by atoms with Gasteiger partial charge < -0.3 is 24.9 Å². The lowest BCUT2D eigenvalue weighted by atomic mass is 9.73. The first-order chi connectivity index (χ1) is 13.7. The molecule has 2 fully saturated rings. The summed E-state index contributed by atoms with van der Waals surface area (Å²) in [5, 5.41) is 17.3. The van der Waals surface area contributed by atoms with E-state index < -0.39 is 0 Å². The molecule has 1 aliphatic heterocycles. The molecule has 0 aromatic carbocycles. The van der Waals surface area contributed by atoms with E-state index in [2.05, 4.69) is 22.5 Å². The standard InChI is InChI=1S/C21H36N4O3.HI/c1-21(8-3-2-6-19(21)26)17-24-20(22-9-7-18-5-4-14-28-18)23-10-11-25-12-15-27-16-13-25;/h4-5,14,19,26H,2-3,6-13,15-17H2,1H3,(H2,22,23,24);1H. The molecule has 3 rings (SSSR count). The lowest BCUT2D eigenvalue weighted by Gasteiger charge is -2.37. The molecule has 1 aromatic heterocycles. The Hall–Kier alpha value is -0.840. The van der Waals surface area contributed by atoms with Crippen molar-refractivity contribution < 1.29 is 14.3 Å². The monoisotopic (exact) mass is 520 g/mol. The Bertz CT molecular complexity index is 593. The second-order valence-electron chi connectivity index (χ2n) is 8.22. The fourth-order valence-electron chi connectivity index (χ4n) is 3.92. The van der Waals surface area contributed by atoms with Gasteiger partial charge in [-0.2, -0.15) is 0 Å². The molecule has 2 heterocycles. The zero-order valence-electron chi connectivity index (χ0n) is 17.6. The molecule has 7 nitrogen and oxygen atoms in total. The average Bonchev–Trinajstić information content (AvgIpc) is 3.22. The number of hydrogen-bond acceptors (Lipinski definition) is 5. The molecule has 2 unspecified atom stereocenters. The molecule has 1 saturated heterocycles. The van der Waals surface area contributed by atoms with Gasteiger partial charge in [-0.1, -0.05) is 19.8 Å². The van der Waals surface area contributed by atoms with Crippen molar-refractivity contribution >= 4 is 29.9 Å². The highest BCUT2D eigenvalue weighted by molar-refractivity contribution is 14.0. The summed E-state index contributed by atoms with van der Waals surface area (Å²) in [6.07, 6.45) is 6.47. The molecule has 2 aliphatic rings. The molecule has 0 radical (unpaired) electrons. The van der Waals surface area contributed by atoms with Crippen molar-refractivity contribution in [1.82, 2.24) is 15.5 Å². The van der Waals surface area contributed by atoms with E-state index in [1.54, 1.807) is 6.26 Å². The number of nitrogens with zero attached hydrogens (tertiary/aromatic N) is 2. The minimum absolute atomic E-state index is 0. The summed E-state index contributed by atoms with van der Waals surface area (Å²) in [5.41, 5.74) is -0.127. The number of furan rings is 1. The summed E-state index contributed by atoms with van der Waals surface area (Å²) in [6.45, 7) is 8.99. The van der Waals surface area contributed by atoms with E-state index in [0.717, 1.165) is 83.3 Å². The first-order valence-electron chi connectivity index (χ1n) is 10.7. The van der Waals surface area contributed by atoms with Crippen LogP contribution in [-0.4, -0.2) is 74.6 Å². The number of ether oxygens (including phenoxy) is 1. The van der Waals surface area contributed by atoms with Crippen LogP contribution in [0.1, 0.15) is 38.4 Å². The van der Waals surface area contributed by atoms with Gasteiger partial charge in [0.25, 0.3) is 0 Å². The quantitative estimate of drug-likeness (QED) is 0.277. The van der Waals surface area contributed by atoms with E-state index in [4.69, 9.17) is 14.1 Å². The highest BCUT2D eigenvalue weighted by Gasteiger charge is 2.35. The van der Waals surface area contributed by atoms with Gasteiger partial charge in [0.05, 0.1) is 32.1 Å². The fourth-order valence-corrected chi connectivity index (χ4v) is 3.92. The number of nitrogens with one attached hydrogen (secondary N) is 2. The number of morpholine rings is 1. The molecular formula is C21H37IN4O3. The van der Waals surface area contributed by atoms with Crippen molar-refractivity contribution in [3.63, 3.8) is 0 Å². The topological polar surface area (TPSA) is 82.3 Å². The third-order valence-electron chi connectivity index (χ3n) is 5.95. The number of aliphatic hydroxyl groups excluding tert-OH is 1. The van der Waals surface area contributed by atoms with Crippen LogP contribution in [0.25, 0.3) is 0 Å². The Morgan fingerprint density at radius 2 is 2.07 bits per heavy atom. The Balaban J connectivity index is 0.00000300. The van der Waals surface area contributed by atoms with Crippen LogP contribution in [0.2, 0.25) is 0 Å². The predicted octanol–water partition coefficient (Wildman–Crippen LogP) is 2.25. The summed E-state index contributed by atoms with van der Waals surface area (Å²) >= 11 is 0. The minimum atomic E-state index is -0.261. The Kier molecular flexibility index (Phi) is 10.8. The van der Waals surface area contributed by atoms with Crippen molar-refractivity contribution in [3.05, 3.63) is 24.2 Å². The van der Waals surface area contributed by atoms with Gasteiger partial charge in [0.2, 0.25) is 0 Å². The van der Waals surface area contributed by atoms with E-state index in [1.165, 1.54) is 6.42 Å². The largest absolute Gasteiger partial charge is 0.469 e. The first-order valence-corrected chi connectivity index (χ1v) is 10.7. The maximum absolute atomic E-state index is 10.4. The van der Waals surface area contributed by atoms with Crippen LogP contribution < -0.4 is 10.6 Å². The third-order valence-corrected chi connectivity index (χ3v) is 5.95. The number of guanidine groups is 1. The van der Waals surface area contributed by atoms with Gasteiger partial charge in [-0.05, 0) is 25.0 Å². The second-order valence-corrected chi connectivity index (χ2v) is 8.22. The van der Waals surface area contributed by atoms with Gasteiger partial charge in [0, 0.05) is 44.6 Å². The smallest absolute Gasteiger partial charge is 0.191 e. The molecular weight excluding hydrogens is 483 g/mol. The van der Waals surface area contributed by atoms with Gasteiger partial charge in [-0.25, -0.2) is 0 Å². The van der Waals surface area contributed by atoms with Crippen LogP contribution in [0.4, 0.5) is 0 Å². The van der Waals surface area contributed by atoms with Gasteiger partial charge in [0.1, 0.15) is 5.76 Å². The fraction of sp³-hybridized carbons (Fsp3) is 0.762. The highest BCUT2D eigenvalue weighted by Crippen LogP contribution is 2.36. The van der Waals surface area contributed by atoms with Crippen molar-refractivity contribution in [3.8, 4) is 0 Å². The van der Waals surface area contributed by atoms with Crippen molar-refractivity contribution in [1.29, 1.82) is 0 Å². The van der Waals surface area contributed by atoms with Crippen LogP contribution in [0, 0.1) is 5.41 Å². The van der Waals surface area contributed by atoms with E-state index >= 15 is 0 Å². The second kappa shape index (κ2) is 12.8. The van der Waals surface area contributed by atoms with Crippen molar-refractivity contribution in [2.24, 2.45) is 10.4 Å². The van der Waals surface area contributed by atoms with Gasteiger partial charge in [-0.15, -0.1) is 24.0 Å². The van der Waals surface area contributed by atoms with E-state index in [0.29, 0.717) is 6.54 Å². The number of halogens is 1. The highest BCUT2D eigenvalue weighted by atomic mass is 127. The molecule has 0 bridgehead atoms. The summed E-state index contributed by atoms with van der Waals surface area (Å²) < 4.78 is 10.8. The Labute approximate surface area is 191 Å². The zero-order valence-corrected chi connectivity index (χ0v) is 19.9. The van der Waals surface area contributed by atoms with E-state index in [-0.39, 0.29) is 35.5 Å². The number of rotatable bonds is 8. The van der Waals surface area contributed by atoms with Crippen LogP contribution >= 0.6 is 24.0 Å². The molecule has 166 valence electrons. The SMILES string of the molecule is CC1(CN=C(NCCc2ccco2)NCCN2CCOCC2)CCCCC1O.I. The maximum Gasteiger partial charge on any atom is 0.191 e. The lowest BCUT2D eigenvalue weighted by molar-refractivity contribution is 0.00715. The summed E-state index contributed by atoms with van der Waals surface area (Å²) in [6, 6.07) is 3.90. The number of hydrogen-bond donors (Lipinski definition) is 3. The number of aliphatic hydroxyl groups is 1. The van der Waals surface area contributed by atoms with Gasteiger partial charge >= 0.3 is 0 Å². The van der Waals surface area contributed by atoms with Crippen molar-refractivity contribution in [2.45, 2.75) is 45.1 Å². The third kappa shape index (κ3) is 8.07. The molecule has 0 amide bonds. The van der Waals surface area contributed by atoms with Crippen LogP contribution in [0.15, 0.2) is 27.8 Å². The molecule has 2 atom stereocenters. The Morgan fingerprint density at radius 1 is 1.28 bits per heavy atom. The van der Waals surface area contributed by atoms with E-state index in [9.17, 15) is 5.11 Å². The predicted molar refractivity (Wildman–Crippen MR) is 126 cm³/mol. The summed E-state index contributed by atoms with van der Waals surface area (Å²) in [5.74, 6) is 1.79. The molecule has 29 heavy (non-hydrogen) atoms. The zero-order chi connectivity index (χ0) is 19.7. The van der Waals surface area contributed by atoms with Crippen LogP contribution in [0.3, 0.4) is 0 Å². The van der Waals surface area contributed by atoms with Gasteiger partial charge in [-0.3, -0.25) is 9.89 Å².